The molecule has 0 aliphatic rings. The molecule has 0 bridgehead atoms. The fourth-order valence-electron chi connectivity index (χ4n) is 4.63. The van der Waals surface area contributed by atoms with Crippen LogP contribution >= 0.6 is 0 Å². The zero-order valence-corrected chi connectivity index (χ0v) is 30.5. The maximum atomic E-state index is 12.7. The Morgan fingerprint density at radius 2 is 1.11 bits per heavy atom. The number of aromatic nitrogens is 6. The van der Waals surface area contributed by atoms with Gasteiger partial charge in [-0.1, -0.05) is 0 Å². The van der Waals surface area contributed by atoms with Crippen LogP contribution in [0.5, 0.6) is 34.5 Å². The molecule has 0 aliphatic heterocycles. The summed E-state index contributed by atoms with van der Waals surface area (Å²) >= 11 is 0. The van der Waals surface area contributed by atoms with Crippen molar-refractivity contribution in [2.75, 3.05) is 28.3 Å². The van der Waals surface area contributed by atoms with E-state index >= 15 is 0 Å². The molecule has 6 aromatic rings. The van der Waals surface area contributed by atoms with Gasteiger partial charge in [0.05, 0.1) is 103 Å². The molecule has 53 heavy (non-hydrogen) atoms. The molecule has 2 N–H and O–H groups in total. The number of H-pyrrole nitrogens is 2. The molecule has 2 atom stereocenters. The van der Waals surface area contributed by atoms with Crippen molar-refractivity contribution in [3.05, 3.63) is 72.3 Å². The minimum absolute atomic E-state index is 0. The molecule has 4 aromatic heterocycles. The maximum absolute atomic E-state index is 12.7. The summed E-state index contributed by atoms with van der Waals surface area (Å²) in [5.74, 6) is -0.469. The van der Waals surface area contributed by atoms with E-state index in [4.69, 9.17) is 27.2 Å². The summed E-state index contributed by atoms with van der Waals surface area (Å²) in [5, 5.41) is 0.167. The molecule has 0 fully saturated rings. The van der Waals surface area contributed by atoms with Gasteiger partial charge in [-0.2, -0.15) is 17.6 Å². The Labute approximate surface area is 331 Å². The van der Waals surface area contributed by atoms with Crippen LogP contribution in [0.2, 0.25) is 0 Å². The molecule has 0 amide bonds. The number of benzene rings is 2. The first kappa shape index (κ1) is 32.9. The summed E-state index contributed by atoms with van der Waals surface area (Å²) in [5.41, 5.74) is 1.96. The number of rotatable bonds is 14. The first-order valence-corrected chi connectivity index (χ1v) is 17.0. The van der Waals surface area contributed by atoms with E-state index in [1.165, 1.54) is 75.1 Å². The number of hydrogen-bond acceptors (Lipinski definition) is 12. The third-order valence-corrected chi connectivity index (χ3v) is 9.11. The molecular weight excluding hydrogens is 761 g/mol. The molecule has 0 spiro atoms. The second-order valence-corrected chi connectivity index (χ2v) is 12.7. The molecule has 2 unspecified atom stereocenters. The van der Waals surface area contributed by atoms with Crippen molar-refractivity contribution < 1.29 is 65.5 Å². The number of hydrogen-bond donors (Lipinski definition) is 2. The van der Waals surface area contributed by atoms with Gasteiger partial charge in [0, 0.05) is 36.7 Å². The van der Waals surface area contributed by atoms with E-state index in [0.29, 0.717) is 22.1 Å². The van der Waals surface area contributed by atoms with Crippen molar-refractivity contribution in [1.82, 2.24) is 29.9 Å². The summed E-state index contributed by atoms with van der Waals surface area (Å²) in [6.07, 6.45) is 2.62. The van der Waals surface area contributed by atoms with Crippen molar-refractivity contribution in [3.8, 4) is 34.5 Å². The van der Waals surface area contributed by atoms with Gasteiger partial charge >= 0.3 is 36.3 Å². The van der Waals surface area contributed by atoms with Crippen LogP contribution in [0.15, 0.2) is 71.2 Å². The van der Waals surface area contributed by atoms with Gasteiger partial charge in [0.25, 0.3) is 0 Å². The van der Waals surface area contributed by atoms with E-state index in [1.807, 2.05) is 0 Å². The summed E-state index contributed by atoms with van der Waals surface area (Å²) < 4.78 is 147. The van der Waals surface area contributed by atoms with E-state index in [-0.39, 0.29) is 93.6 Å². The van der Waals surface area contributed by atoms with Gasteiger partial charge in [0.2, 0.25) is 0 Å². The number of nitrogens with zero attached hydrogens (tertiary/aromatic N) is 4. The van der Waals surface area contributed by atoms with E-state index < -0.39 is 48.9 Å². The normalized spacial score (nSPS) is 14.3. The van der Waals surface area contributed by atoms with Crippen LogP contribution in [0.1, 0.15) is 22.5 Å². The molecule has 4 heterocycles. The minimum Gasteiger partial charge on any atom is -1.00 e. The largest absolute Gasteiger partial charge is 2.00 e. The summed E-state index contributed by atoms with van der Waals surface area (Å²) in [4.78, 5) is 22.1. The fraction of sp³-hybridized carbons (Fsp3) is 0.250. The smallest absolute Gasteiger partial charge is 1.00 e. The van der Waals surface area contributed by atoms with Crippen LogP contribution < -0.4 is 28.4 Å². The van der Waals surface area contributed by atoms with Crippen molar-refractivity contribution >= 4 is 66.7 Å². The Morgan fingerprint density at radius 3 is 1.47 bits per heavy atom. The Kier molecular flexibility index (Phi) is 11.7. The van der Waals surface area contributed by atoms with Gasteiger partial charge in [-0.25, -0.2) is 9.97 Å². The van der Waals surface area contributed by atoms with E-state index in [9.17, 15) is 26.0 Å². The molecule has 0 saturated carbocycles. The van der Waals surface area contributed by atoms with Gasteiger partial charge in [-0.05, 0) is 24.3 Å². The minimum atomic E-state index is -2.97. The van der Waals surface area contributed by atoms with Crippen molar-refractivity contribution in [1.29, 1.82) is 0 Å². The molecule has 21 heteroatoms. The van der Waals surface area contributed by atoms with E-state index in [1.54, 1.807) is 0 Å². The van der Waals surface area contributed by atoms with E-state index in [0.717, 1.165) is 0 Å². The number of nitrogens with one attached hydrogen (secondary N) is 2. The predicted octanol–water partition coefficient (Wildman–Crippen LogP) is 5.61. The van der Waals surface area contributed by atoms with Crippen LogP contribution in [0, 0.1) is 0 Å². The van der Waals surface area contributed by atoms with Gasteiger partial charge in [0.15, 0.2) is 33.3 Å². The second kappa shape index (κ2) is 18.8. The third-order valence-electron chi connectivity index (χ3n) is 6.79. The number of alkyl halides is 4. The summed E-state index contributed by atoms with van der Waals surface area (Å²) in [6, 6.07) is 10.8. The van der Waals surface area contributed by atoms with Gasteiger partial charge < -0.3 is 41.2 Å². The molecule has 0 saturated heterocycles. The van der Waals surface area contributed by atoms with Gasteiger partial charge in [-0.15, -0.1) is 0 Å². The van der Waals surface area contributed by atoms with Crippen LogP contribution in [0.4, 0.5) is 17.6 Å². The number of imidazole rings is 2. The standard InChI is InChI=1S/2C16H15F2N3O4S.Mg.2H/c2*1-23-13-5-6-19-12(14(13)24-2)8-26(22)16-20-10-4-3-9(25-15(17)18)7-11(10)21-16;;;/h2*3-7,15H,8H2,1-2H3,(H,20,21);;;/q;;+2;2*-1/i2*1D3;;;. The van der Waals surface area contributed by atoms with Crippen LogP contribution in [-0.2, 0) is 33.1 Å². The third kappa shape index (κ3) is 10.2. The fourth-order valence-corrected chi connectivity index (χ4v) is 6.66. The number of fused-ring (bicyclic) bond motifs is 2. The number of pyridine rings is 2. The van der Waals surface area contributed by atoms with E-state index in [2.05, 4.69) is 39.4 Å². The Bertz CT molecular complexity index is 2270. The van der Waals surface area contributed by atoms with Gasteiger partial charge in [0.1, 0.15) is 11.5 Å². The van der Waals surface area contributed by atoms with Crippen LogP contribution in [0.3, 0.4) is 0 Å². The molecule has 0 radical (unpaired) electrons. The Hall–Kier alpha value is -4.73. The summed E-state index contributed by atoms with van der Waals surface area (Å²) in [6.45, 7) is -5.93. The average molecular weight is 799 g/mol. The Morgan fingerprint density at radius 1 is 0.698 bits per heavy atom. The first-order valence-electron chi connectivity index (χ1n) is 17.4. The SMILES string of the molecule is [2H]C([2H])([2H])Oc1ccnc(CS(=O)c2nc3ccc(OC(F)F)cc3[nH]2)c1OC.[2H]C([2H])([2H])Oc1ccnc(CS(=O)c2nc3ccc(OC(F)F)cc3[nH]2)c1OC.[H-].[H-].[Mg+2]. The van der Waals surface area contributed by atoms with Crippen molar-refractivity contribution in [2.24, 2.45) is 0 Å². The van der Waals surface area contributed by atoms with Crippen molar-refractivity contribution in [3.63, 3.8) is 0 Å². The van der Waals surface area contributed by atoms with Crippen LogP contribution in [-0.4, -0.2) is 103 Å². The number of methoxy groups -OCH3 is 4. The average Bonchev–Trinajstić information content (AvgIpc) is 3.75. The second-order valence-electron chi connectivity index (χ2n) is 9.96. The summed E-state index contributed by atoms with van der Waals surface area (Å²) in [7, 11) is -6.22. The topological polar surface area (TPSA) is 173 Å². The maximum Gasteiger partial charge on any atom is 2.00 e. The quantitative estimate of drug-likeness (QED) is 0.103. The monoisotopic (exact) mass is 798 g/mol. The number of halogens is 4. The Balaban J connectivity index is 0.000000400. The molecule has 14 nitrogen and oxygen atoms in total. The molecule has 6 rings (SSSR count). The molecular formula is C32H32F4MgN6O8S2. The predicted molar refractivity (Wildman–Crippen MR) is 188 cm³/mol. The number of aromatic amines is 2. The first-order chi connectivity index (χ1) is 27.3. The zero-order valence-electron chi connectivity index (χ0n) is 35.4. The molecule has 280 valence electrons. The molecule has 2 aromatic carbocycles. The van der Waals surface area contributed by atoms with Crippen LogP contribution in [0.25, 0.3) is 22.1 Å². The zero-order chi connectivity index (χ0) is 42.4. The molecule has 0 aliphatic carbocycles. The van der Waals surface area contributed by atoms with Crippen molar-refractivity contribution in [2.45, 2.75) is 35.0 Å². The number of ether oxygens (including phenoxy) is 6. The van der Waals surface area contributed by atoms with Gasteiger partial charge in [-0.3, -0.25) is 18.4 Å².